The molecule has 2 aromatic carbocycles. The van der Waals surface area contributed by atoms with Crippen LogP contribution in [-0.4, -0.2) is 47.1 Å². The van der Waals surface area contributed by atoms with Crippen molar-refractivity contribution in [1.82, 2.24) is 4.90 Å². The second kappa shape index (κ2) is 9.86. The Morgan fingerprint density at radius 2 is 1.91 bits per heavy atom. The second-order valence-electron chi connectivity index (χ2n) is 7.75. The largest absolute Gasteiger partial charge is 0.390 e. The average Bonchev–Trinajstić information content (AvgIpc) is 3.45. The summed E-state index contributed by atoms with van der Waals surface area (Å²) in [5.74, 6) is -1.07. The molecule has 3 atom stereocenters. The lowest BCUT2D eigenvalue weighted by Gasteiger charge is -2.31. The normalized spacial score (nSPS) is 20.5. The highest BCUT2D eigenvalue weighted by Gasteiger charge is 2.36. The second-order valence-corrected chi connectivity index (χ2v) is 9.40. The van der Waals surface area contributed by atoms with Crippen molar-refractivity contribution in [2.45, 2.75) is 38.1 Å². The standard InChI is InChI=1S/C22H20Br2F2N4O3/c1-11(31)30(10-13-8-19(29-32-13)14-3-2-4-16(25)21(14)24)22(27)20-9-18(28-33-20)12-5-6-15(23)17(26)7-12/h2-7,13,20,22H,8-10,27H2,1H3. The van der Waals surface area contributed by atoms with Gasteiger partial charge in [0.05, 0.1) is 26.9 Å². The Labute approximate surface area is 205 Å². The van der Waals surface area contributed by atoms with E-state index >= 15 is 0 Å². The highest BCUT2D eigenvalue weighted by Crippen LogP contribution is 2.27. The van der Waals surface area contributed by atoms with Crippen LogP contribution >= 0.6 is 31.9 Å². The first-order chi connectivity index (χ1) is 15.7. The first kappa shape index (κ1) is 23.8. The predicted molar refractivity (Wildman–Crippen MR) is 126 cm³/mol. The number of halogens is 4. The SMILES string of the molecule is CC(=O)N(CC1CC(c2cccc(F)c2Br)=NO1)C(N)C1CC(c2ccc(Br)c(F)c2)=NO1. The highest BCUT2D eigenvalue weighted by molar-refractivity contribution is 9.10. The number of nitrogens with zero attached hydrogens (tertiary/aromatic N) is 3. The first-order valence-electron chi connectivity index (χ1n) is 10.1. The molecule has 0 fully saturated rings. The number of rotatable bonds is 6. The Kier molecular flexibility index (Phi) is 7.10. The number of nitrogens with two attached hydrogens (primary N) is 1. The smallest absolute Gasteiger partial charge is 0.220 e. The number of carbonyl (C=O) groups is 1. The van der Waals surface area contributed by atoms with E-state index in [1.54, 1.807) is 24.3 Å². The summed E-state index contributed by atoms with van der Waals surface area (Å²) in [7, 11) is 0. The van der Waals surface area contributed by atoms with Crippen LogP contribution in [-0.2, 0) is 14.5 Å². The van der Waals surface area contributed by atoms with Crippen molar-refractivity contribution in [2.24, 2.45) is 16.0 Å². The molecule has 11 heteroatoms. The third-order valence-corrected chi connectivity index (χ3v) is 6.94. The quantitative estimate of drug-likeness (QED) is 0.512. The summed E-state index contributed by atoms with van der Waals surface area (Å²) in [6.45, 7) is 1.57. The number of carbonyl (C=O) groups excluding carboxylic acids is 1. The summed E-state index contributed by atoms with van der Waals surface area (Å²) in [6.07, 6.45) is -1.17. The molecule has 0 radical (unpaired) electrons. The van der Waals surface area contributed by atoms with E-state index in [0.717, 1.165) is 0 Å². The summed E-state index contributed by atoms with van der Waals surface area (Å²) in [6, 6.07) is 9.35. The molecule has 2 N–H and O–H groups in total. The van der Waals surface area contributed by atoms with Crippen molar-refractivity contribution >= 4 is 49.2 Å². The van der Waals surface area contributed by atoms with Gasteiger partial charge in [0, 0.05) is 30.9 Å². The van der Waals surface area contributed by atoms with Gasteiger partial charge in [0.15, 0.2) is 12.2 Å². The van der Waals surface area contributed by atoms with E-state index in [4.69, 9.17) is 15.4 Å². The Bertz CT molecular complexity index is 1140. The van der Waals surface area contributed by atoms with Gasteiger partial charge < -0.3 is 20.3 Å². The maximum absolute atomic E-state index is 13.9. The van der Waals surface area contributed by atoms with Crippen molar-refractivity contribution in [3.63, 3.8) is 0 Å². The molecule has 4 rings (SSSR count). The molecule has 3 unspecified atom stereocenters. The van der Waals surface area contributed by atoms with Crippen molar-refractivity contribution in [3.05, 3.63) is 68.1 Å². The van der Waals surface area contributed by atoms with Crippen LogP contribution in [0.1, 0.15) is 30.9 Å². The topological polar surface area (TPSA) is 89.5 Å². The van der Waals surface area contributed by atoms with E-state index < -0.39 is 30.0 Å². The fourth-order valence-corrected chi connectivity index (χ4v) is 4.46. The number of oxime groups is 2. The monoisotopic (exact) mass is 584 g/mol. The lowest BCUT2D eigenvalue weighted by atomic mass is 10.0. The summed E-state index contributed by atoms with van der Waals surface area (Å²) in [5, 5.41) is 8.12. The first-order valence-corrected chi connectivity index (χ1v) is 11.7. The molecule has 174 valence electrons. The maximum Gasteiger partial charge on any atom is 0.220 e. The lowest BCUT2D eigenvalue weighted by molar-refractivity contribution is -0.136. The summed E-state index contributed by atoms with van der Waals surface area (Å²) < 4.78 is 28.4. The molecular weight excluding hydrogens is 566 g/mol. The Morgan fingerprint density at radius 3 is 2.64 bits per heavy atom. The van der Waals surface area contributed by atoms with Gasteiger partial charge in [-0.2, -0.15) is 0 Å². The van der Waals surface area contributed by atoms with Crippen molar-refractivity contribution in [1.29, 1.82) is 0 Å². The molecular formula is C22H20Br2F2N4O3. The number of amides is 1. The molecule has 0 spiro atoms. The zero-order valence-electron chi connectivity index (χ0n) is 17.5. The molecule has 1 amide bonds. The van der Waals surface area contributed by atoms with E-state index in [1.807, 2.05) is 0 Å². The van der Waals surface area contributed by atoms with Gasteiger partial charge >= 0.3 is 0 Å². The van der Waals surface area contributed by atoms with Gasteiger partial charge in [0.1, 0.15) is 17.8 Å². The molecule has 0 saturated heterocycles. The Hall–Kier alpha value is -2.37. The van der Waals surface area contributed by atoms with Gasteiger partial charge in [-0.3, -0.25) is 4.79 Å². The zero-order chi connectivity index (χ0) is 23.7. The third-order valence-electron chi connectivity index (χ3n) is 5.49. The average molecular weight is 586 g/mol. The summed E-state index contributed by atoms with van der Waals surface area (Å²) in [5.41, 5.74) is 8.65. The molecule has 2 aliphatic rings. The van der Waals surface area contributed by atoms with E-state index in [0.29, 0.717) is 44.3 Å². The third kappa shape index (κ3) is 5.10. The van der Waals surface area contributed by atoms with Crippen LogP contribution in [0.15, 0.2) is 55.7 Å². The van der Waals surface area contributed by atoms with E-state index in [9.17, 15) is 13.6 Å². The van der Waals surface area contributed by atoms with Gasteiger partial charge in [-0.1, -0.05) is 28.5 Å². The van der Waals surface area contributed by atoms with Gasteiger partial charge in [-0.15, -0.1) is 0 Å². The van der Waals surface area contributed by atoms with Gasteiger partial charge in [-0.05, 0) is 50.1 Å². The van der Waals surface area contributed by atoms with Gasteiger partial charge in [-0.25, -0.2) is 8.78 Å². The van der Waals surface area contributed by atoms with Crippen LogP contribution in [0.25, 0.3) is 0 Å². The molecule has 7 nitrogen and oxygen atoms in total. The minimum atomic E-state index is -0.808. The minimum Gasteiger partial charge on any atom is -0.390 e. The van der Waals surface area contributed by atoms with Crippen LogP contribution in [0.5, 0.6) is 0 Å². The number of hydrogen-bond acceptors (Lipinski definition) is 6. The lowest BCUT2D eigenvalue weighted by Crippen LogP contribution is -2.54. The summed E-state index contributed by atoms with van der Waals surface area (Å²) >= 11 is 6.36. The van der Waals surface area contributed by atoms with Gasteiger partial charge in [0.25, 0.3) is 0 Å². The Morgan fingerprint density at radius 1 is 1.15 bits per heavy atom. The van der Waals surface area contributed by atoms with E-state index in [1.165, 1.54) is 24.0 Å². The molecule has 0 aliphatic carbocycles. The van der Waals surface area contributed by atoms with Crippen molar-refractivity contribution in [2.75, 3.05) is 6.54 Å². The number of hydrogen-bond donors (Lipinski definition) is 1. The summed E-state index contributed by atoms with van der Waals surface area (Å²) in [4.78, 5) is 24.8. The van der Waals surface area contributed by atoms with Crippen molar-refractivity contribution < 1.29 is 23.3 Å². The van der Waals surface area contributed by atoms with Crippen LogP contribution in [0.3, 0.4) is 0 Å². The predicted octanol–water partition coefficient (Wildman–Crippen LogP) is 4.31. The number of benzene rings is 2. The van der Waals surface area contributed by atoms with E-state index in [-0.39, 0.29) is 12.5 Å². The molecule has 0 aromatic heterocycles. The highest BCUT2D eigenvalue weighted by atomic mass is 79.9. The fraction of sp³-hybridized carbons (Fsp3) is 0.318. The zero-order valence-corrected chi connectivity index (χ0v) is 20.6. The van der Waals surface area contributed by atoms with Crippen LogP contribution in [0, 0.1) is 11.6 Å². The molecule has 0 bridgehead atoms. The fourth-order valence-electron chi connectivity index (χ4n) is 3.72. The Balaban J connectivity index is 1.40. The minimum absolute atomic E-state index is 0.165. The maximum atomic E-state index is 13.9. The molecule has 33 heavy (non-hydrogen) atoms. The van der Waals surface area contributed by atoms with E-state index in [2.05, 4.69) is 42.2 Å². The van der Waals surface area contributed by atoms with Crippen molar-refractivity contribution in [3.8, 4) is 0 Å². The van der Waals surface area contributed by atoms with Crippen LogP contribution in [0.2, 0.25) is 0 Å². The van der Waals surface area contributed by atoms with Crippen LogP contribution < -0.4 is 5.73 Å². The molecule has 0 saturated carbocycles. The molecule has 2 aliphatic heterocycles. The molecule has 2 heterocycles. The van der Waals surface area contributed by atoms with Gasteiger partial charge in [0.2, 0.25) is 5.91 Å². The van der Waals surface area contributed by atoms with Crippen LogP contribution in [0.4, 0.5) is 8.78 Å². The molecule has 2 aromatic rings.